The van der Waals surface area contributed by atoms with Crippen LogP contribution in [0.5, 0.6) is 0 Å². The number of ether oxygens (including phenoxy) is 1. The molecular weight excluding hydrogens is 442 g/mol. The maximum absolute atomic E-state index is 12.1. The van der Waals surface area contributed by atoms with Crippen LogP contribution in [0, 0.1) is 13.8 Å². The van der Waals surface area contributed by atoms with Crippen molar-refractivity contribution in [2.45, 2.75) is 33.6 Å². The molecule has 0 bridgehead atoms. The Morgan fingerprint density at radius 3 is 2.56 bits per heavy atom. The monoisotopic (exact) mass is 467 g/mol. The van der Waals surface area contributed by atoms with Crippen molar-refractivity contribution in [3.8, 4) is 11.1 Å². The van der Waals surface area contributed by atoms with E-state index in [4.69, 9.17) is 4.74 Å². The number of aryl methyl sites for hydroxylation is 2. The van der Waals surface area contributed by atoms with Crippen molar-refractivity contribution in [1.82, 2.24) is 9.97 Å². The lowest BCUT2D eigenvalue weighted by Crippen LogP contribution is -2.06. The van der Waals surface area contributed by atoms with Gasteiger partial charge in [-0.25, -0.2) is 14.8 Å². The molecule has 166 valence electrons. The van der Waals surface area contributed by atoms with Gasteiger partial charge in [0.2, 0.25) is 0 Å². The summed E-state index contributed by atoms with van der Waals surface area (Å²) in [7, 11) is 0. The van der Waals surface area contributed by atoms with E-state index in [9.17, 15) is 4.79 Å². The van der Waals surface area contributed by atoms with Gasteiger partial charge in [0.25, 0.3) is 0 Å². The predicted molar refractivity (Wildman–Crippen MR) is 134 cm³/mol. The molecule has 32 heavy (non-hydrogen) atoms. The standard InChI is InChI=1S/C25H25N3O2S.ClH/c1-4-5-12-30-25(29)18-8-10-20(11-9-18)28-23-22-21(14-31-24(22)27-15-26-23)19-7-6-16(2)17(3)13-19;/h6-11,13-15H,4-5,12H2,1-3H3,(H,26,27,28);1H. The number of hydrogen-bond acceptors (Lipinski definition) is 6. The summed E-state index contributed by atoms with van der Waals surface area (Å²) < 4.78 is 5.28. The fourth-order valence-electron chi connectivity index (χ4n) is 3.31. The number of rotatable bonds is 7. The number of carbonyl (C=O) groups is 1. The van der Waals surface area contributed by atoms with E-state index in [0.717, 1.165) is 45.7 Å². The third kappa shape index (κ3) is 5.09. The molecule has 0 saturated carbocycles. The van der Waals surface area contributed by atoms with Crippen LogP contribution in [0.3, 0.4) is 0 Å². The average Bonchev–Trinajstić information content (AvgIpc) is 3.21. The van der Waals surface area contributed by atoms with Crippen LogP contribution in [0.15, 0.2) is 54.2 Å². The summed E-state index contributed by atoms with van der Waals surface area (Å²) in [6, 6.07) is 13.8. The number of hydrogen-bond donors (Lipinski definition) is 1. The molecule has 0 amide bonds. The van der Waals surface area contributed by atoms with Crippen LogP contribution in [0.25, 0.3) is 21.3 Å². The molecule has 0 atom stereocenters. The first-order valence-corrected chi connectivity index (χ1v) is 11.3. The third-order valence-corrected chi connectivity index (χ3v) is 6.19. The number of unbranched alkanes of at least 4 members (excludes halogenated alkanes) is 1. The van der Waals surface area contributed by atoms with Crippen molar-refractivity contribution in [1.29, 1.82) is 0 Å². The van der Waals surface area contributed by atoms with E-state index in [1.54, 1.807) is 29.8 Å². The van der Waals surface area contributed by atoms with Crippen LogP contribution in [0.4, 0.5) is 11.5 Å². The third-order valence-electron chi connectivity index (χ3n) is 5.30. The number of carbonyl (C=O) groups excluding carboxylic acids is 1. The fraction of sp³-hybridized carbons (Fsp3) is 0.240. The van der Waals surface area contributed by atoms with Crippen molar-refractivity contribution < 1.29 is 9.53 Å². The molecule has 0 fully saturated rings. The number of halogens is 1. The summed E-state index contributed by atoms with van der Waals surface area (Å²) in [5.74, 6) is 0.456. The molecule has 0 spiro atoms. The van der Waals surface area contributed by atoms with Gasteiger partial charge in [0.15, 0.2) is 0 Å². The van der Waals surface area contributed by atoms with Crippen molar-refractivity contribution in [3.05, 3.63) is 70.9 Å². The fourth-order valence-corrected chi connectivity index (χ4v) is 4.23. The summed E-state index contributed by atoms with van der Waals surface area (Å²) in [4.78, 5) is 22.0. The zero-order valence-corrected chi connectivity index (χ0v) is 20.0. The smallest absolute Gasteiger partial charge is 0.338 e. The summed E-state index contributed by atoms with van der Waals surface area (Å²) in [5, 5.41) is 6.52. The van der Waals surface area contributed by atoms with Gasteiger partial charge in [-0.1, -0.05) is 31.5 Å². The van der Waals surface area contributed by atoms with Crippen LogP contribution < -0.4 is 5.32 Å². The van der Waals surface area contributed by atoms with Crippen LogP contribution in [0.1, 0.15) is 41.3 Å². The molecule has 2 aromatic carbocycles. The van der Waals surface area contributed by atoms with Gasteiger partial charge in [0.1, 0.15) is 17.0 Å². The highest BCUT2D eigenvalue weighted by atomic mass is 35.5. The molecule has 0 aliphatic carbocycles. The summed E-state index contributed by atoms with van der Waals surface area (Å²) in [6.07, 6.45) is 3.44. The van der Waals surface area contributed by atoms with Gasteiger partial charge in [0.05, 0.1) is 17.6 Å². The second-order valence-electron chi connectivity index (χ2n) is 7.54. The lowest BCUT2D eigenvalue weighted by Gasteiger charge is -2.10. The van der Waals surface area contributed by atoms with Crippen molar-refractivity contribution in [2.75, 3.05) is 11.9 Å². The van der Waals surface area contributed by atoms with Gasteiger partial charge in [0, 0.05) is 16.6 Å². The van der Waals surface area contributed by atoms with E-state index >= 15 is 0 Å². The Bertz CT molecular complexity index is 1220. The van der Waals surface area contributed by atoms with E-state index in [-0.39, 0.29) is 18.4 Å². The topological polar surface area (TPSA) is 64.1 Å². The van der Waals surface area contributed by atoms with E-state index in [2.05, 4.69) is 59.6 Å². The number of aromatic nitrogens is 2. The van der Waals surface area contributed by atoms with Crippen LogP contribution >= 0.6 is 23.7 Å². The zero-order chi connectivity index (χ0) is 21.8. The predicted octanol–water partition coefficient (Wildman–Crippen LogP) is 7.10. The zero-order valence-electron chi connectivity index (χ0n) is 18.3. The quantitative estimate of drug-likeness (QED) is 0.232. The Balaban J connectivity index is 0.00000289. The van der Waals surface area contributed by atoms with Gasteiger partial charge >= 0.3 is 5.97 Å². The molecular formula is C25H26ClN3O2S. The largest absolute Gasteiger partial charge is 0.462 e. The summed E-state index contributed by atoms with van der Waals surface area (Å²) >= 11 is 1.61. The number of nitrogens with zero attached hydrogens (tertiary/aromatic N) is 2. The first kappa shape index (κ1) is 23.7. The van der Waals surface area contributed by atoms with Crippen molar-refractivity contribution >= 4 is 51.4 Å². The molecule has 4 aromatic rings. The molecule has 0 aliphatic rings. The molecule has 0 saturated heterocycles. The molecule has 5 nitrogen and oxygen atoms in total. The lowest BCUT2D eigenvalue weighted by molar-refractivity contribution is 0.0500. The Hall–Kier alpha value is -2.96. The van der Waals surface area contributed by atoms with Gasteiger partial charge in [-0.3, -0.25) is 0 Å². The Morgan fingerprint density at radius 2 is 1.84 bits per heavy atom. The molecule has 2 heterocycles. The van der Waals surface area contributed by atoms with Gasteiger partial charge in [-0.2, -0.15) is 0 Å². The van der Waals surface area contributed by atoms with Gasteiger partial charge in [-0.15, -0.1) is 23.7 Å². The van der Waals surface area contributed by atoms with Crippen molar-refractivity contribution in [3.63, 3.8) is 0 Å². The van der Waals surface area contributed by atoms with E-state index in [0.29, 0.717) is 12.2 Å². The highest BCUT2D eigenvalue weighted by Crippen LogP contribution is 2.38. The first-order valence-electron chi connectivity index (χ1n) is 10.4. The maximum Gasteiger partial charge on any atom is 0.338 e. The minimum Gasteiger partial charge on any atom is -0.462 e. The molecule has 0 unspecified atom stereocenters. The number of fused-ring (bicyclic) bond motifs is 1. The van der Waals surface area contributed by atoms with Crippen LogP contribution in [-0.2, 0) is 4.74 Å². The number of benzene rings is 2. The minimum atomic E-state index is -0.292. The highest BCUT2D eigenvalue weighted by Gasteiger charge is 2.14. The molecule has 0 aliphatic heterocycles. The first-order chi connectivity index (χ1) is 15.1. The molecule has 2 aromatic heterocycles. The van der Waals surface area contributed by atoms with E-state index in [1.165, 1.54) is 11.1 Å². The van der Waals surface area contributed by atoms with Crippen LogP contribution in [-0.4, -0.2) is 22.5 Å². The highest BCUT2D eigenvalue weighted by molar-refractivity contribution is 7.17. The lowest BCUT2D eigenvalue weighted by atomic mass is 10.0. The van der Waals surface area contributed by atoms with E-state index in [1.807, 2.05) is 12.1 Å². The van der Waals surface area contributed by atoms with Crippen molar-refractivity contribution in [2.24, 2.45) is 0 Å². The maximum atomic E-state index is 12.1. The number of thiophene rings is 1. The number of esters is 1. The average molecular weight is 468 g/mol. The second-order valence-corrected chi connectivity index (χ2v) is 8.40. The van der Waals surface area contributed by atoms with Crippen LogP contribution in [0.2, 0.25) is 0 Å². The molecule has 7 heteroatoms. The molecule has 0 radical (unpaired) electrons. The summed E-state index contributed by atoms with van der Waals surface area (Å²) in [6.45, 7) is 6.76. The second kappa shape index (κ2) is 10.6. The number of anilines is 2. The van der Waals surface area contributed by atoms with E-state index < -0.39 is 0 Å². The minimum absolute atomic E-state index is 0. The number of nitrogens with one attached hydrogen (secondary N) is 1. The molecule has 4 rings (SSSR count). The SMILES string of the molecule is CCCCOC(=O)c1ccc(Nc2ncnc3scc(-c4ccc(C)c(C)c4)c23)cc1.Cl. The Kier molecular flexibility index (Phi) is 7.83. The summed E-state index contributed by atoms with van der Waals surface area (Å²) in [5.41, 5.74) is 6.18. The normalized spacial score (nSPS) is 10.6. The Labute approximate surface area is 198 Å². The van der Waals surface area contributed by atoms with Gasteiger partial charge < -0.3 is 10.1 Å². The molecule has 1 N–H and O–H groups in total. The Morgan fingerprint density at radius 1 is 1.06 bits per heavy atom. The van der Waals surface area contributed by atoms with Gasteiger partial charge in [-0.05, 0) is 61.2 Å².